The number of aromatic nitrogens is 4. The van der Waals surface area contributed by atoms with Crippen molar-refractivity contribution in [2.75, 3.05) is 12.3 Å². The van der Waals surface area contributed by atoms with E-state index in [4.69, 9.17) is 22.1 Å². The number of halogens is 1. The lowest BCUT2D eigenvalue weighted by molar-refractivity contribution is 0.0825. The van der Waals surface area contributed by atoms with Crippen molar-refractivity contribution in [3.05, 3.63) is 23.2 Å². The van der Waals surface area contributed by atoms with Crippen LogP contribution in [0.15, 0.2) is 18.2 Å². The van der Waals surface area contributed by atoms with Crippen molar-refractivity contribution in [3.63, 3.8) is 0 Å². The highest BCUT2D eigenvalue weighted by atomic mass is 35.5. The molecule has 6 nitrogen and oxygen atoms in total. The van der Waals surface area contributed by atoms with Crippen LogP contribution in [0.2, 0.25) is 5.02 Å². The molecular weight excluding hydrogens is 290 g/mol. The van der Waals surface area contributed by atoms with E-state index in [0.717, 1.165) is 31.6 Å². The monoisotopic (exact) mass is 307 g/mol. The van der Waals surface area contributed by atoms with Gasteiger partial charge in [0, 0.05) is 28.8 Å². The SMILES string of the molecule is CCC1OCCC1Cn1nnnc1-c1cc(N)cc(Cl)c1. The second-order valence-corrected chi connectivity index (χ2v) is 5.76. The summed E-state index contributed by atoms with van der Waals surface area (Å²) in [7, 11) is 0. The molecule has 2 aromatic rings. The van der Waals surface area contributed by atoms with Crippen molar-refractivity contribution in [1.82, 2.24) is 20.2 Å². The minimum atomic E-state index is 0.284. The molecule has 0 amide bonds. The molecule has 1 aromatic carbocycles. The Morgan fingerprint density at radius 3 is 3.05 bits per heavy atom. The summed E-state index contributed by atoms with van der Waals surface area (Å²) in [5, 5.41) is 12.6. The van der Waals surface area contributed by atoms with Crippen LogP contribution >= 0.6 is 11.6 Å². The van der Waals surface area contributed by atoms with Crippen LogP contribution in [0.25, 0.3) is 11.4 Å². The molecule has 2 unspecified atom stereocenters. The third kappa shape index (κ3) is 3.01. The molecule has 1 aliphatic rings. The molecule has 2 heterocycles. The van der Waals surface area contributed by atoms with Crippen molar-refractivity contribution in [2.45, 2.75) is 32.4 Å². The molecule has 1 fully saturated rings. The zero-order chi connectivity index (χ0) is 14.8. The van der Waals surface area contributed by atoms with Crippen LogP contribution in [0.5, 0.6) is 0 Å². The number of benzene rings is 1. The average molecular weight is 308 g/mol. The van der Waals surface area contributed by atoms with E-state index >= 15 is 0 Å². The van der Waals surface area contributed by atoms with Gasteiger partial charge >= 0.3 is 0 Å². The van der Waals surface area contributed by atoms with Crippen molar-refractivity contribution in [3.8, 4) is 11.4 Å². The fourth-order valence-electron chi connectivity index (χ4n) is 2.85. The van der Waals surface area contributed by atoms with E-state index in [1.807, 2.05) is 16.8 Å². The van der Waals surface area contributed by atoms with Gasteiger partial charge in [-0.3, -0.25) is 0 Å². The Bertz CT molecular complexity index is 609. The summed E-state index contributed by atoms with van der Waals surface area (Å²) in [6.45, 7) is 3.69. The summed E-state index contributed by atoms with van der Waals surface area (Å²) in [5.74, 6) is 1.12. The molecule has 0 radical (unpaired) electrons. The molecule has 0 bridgehead atoms. The van der Waals surface area contributed by atoms with Crippen LogP contribution in [0.1, 0.15) is 19.8 Å². The first-order valence-corrected chi connectivity index (χ1v) is 7.49. The summed E-state index contributed by atoms with van der Waals surface area (Å²) in [6.07, 6.45) is 2.33. The average Bonchev–Trinajstić information content (AvgIpc) is 3.07. The van der Waals surface area contributed by atoms with Gasteiger partial charge in [-0.25, -0.2) is 4.68 Å². The fraction of sp³-hybridized carbons (Fsp3) is 0.500. The maximum atomic E-state index is 6.06. The molecule has 3 rings (SSSR count). The first-order valence-electron chi connectivity index (χ1n) is 7.11. The molecular formula is C14H18ClN5O. The number of hydrogen-bond acceptors (Lipinski definition) is 5. The molecule has 1 saturated heterocycles. The third-order valence-corrected chi connectivity index (χ3v) is 4.08. The highest BCUT2D eigenvalue weighted by Crippen LogP contribution is 2.28. The maximum absolute atomic E-state index is 6.06. The first kappa shape index (κ1) is 14.3. The second kappa shape index (κ2) is 5.99. The predicted molar refractivity (Wildman–Crippen MR) is 80.8 cm³/mol. The third-order valence-electron chi connectivity index (χ3n) is 3.87. The van der Waals surface area contributed by atoms with Crippen LogP contribution in [0.4, 0.5) is 5.69 Å². The number of ether oxygens (including phenoxy) is 1. The second-order valence-electron chi connectivity index (χ2n) is 5.32. The molecule has 0 spiro atoms. The number of anilines is 1. The normalized spacial score (nSPS) is 21.8. The van der Waals surface area contributed by atoms with Crippen molar-refractivity contribution in [1.29, 1.82) is 0 Å². The van der Waals surface area contributed by atoms with Gasteiger partial charge in [-0.05, 0) is 41.5 Å². The van der Waals surface area contributed by atoms with Gasteiger partial charge in [0.15, 0.2) is 5.82 Å². The Morgan fingerprint density at radius 2 is 2.29 bits per heavy atom. The van der Waals surface area contributed by atoms with Gasteiger partial charge in [-0.15, -0.1) is 5.10 Å². The highest BCUT2D eigenvalue weighted by Gasteiger charge is 2.28. The standard InChI is InChI=1S/C14H18ClN5O/c1-2-13-9(3-4-21-13)8-20-14(17-18-19-20)10-5-11(15)7-12(16)6-10/h5-7,9,13H,2-4,8,16H2,1H3. The van der Waals surface area contributed by atoms with Gasteiger partial charge in [0.25, 0.3) is 0 Å². The smallest absolute Gasteiger partial charge is 0.182 e. The zero-order valence-corrected chi connectivity index (χ0v) is 12.6. The fourth-order valence-corrected chi connectivity index (χ4v) is 3.09. The summed E-state index contributed by atoms with van der Waals surface area (Å²) < 4.78 is 7.54. The minimum absolute atomic E-state index is 0.284. The van der Waals surface area contributed by atoms with Gasteiger partial charge in [-0.2, -0.15) is 0 Å². The van der Waals surface area contributed by atoms with Crippen LogP contribution < -0.4 is 5.73 Å². The molecule has 0 saturated carbocycles. The molecule has 21 heavy (non-hydrogen) atoms. The molecule has 7 heteroatoms. The first-order chi connectivity index (χ1) is 10.2. The zero-order valence-electron chi connectivity index (χ0n) is 11.9. The topological polar surface area (TPSA) is 78.8 Å². The number of nitrogen functional groups attached to an aromatic ring is 1. The summed E-state index contributed by atoms with van der Waals surface area (Å²) in [4.78, 5) is 0. The Balaban J connectivity index is 1.87. The van der Waals surface area contributed by atoms with Crippen molar-refractivity contribution >= 4 is 17.3 Å². The largest absolute Gasteiger partial charge is 0.399 e. The van der Waals surface area contributed by atoms with Crippen LogP contribution in [-0.4, -0.2) is 32.9 Å². The van der Waals surface area contributed by atoms with Gasteiger partial charge in [0.2, 0.25) is 0 Å². The molecule has 1 aromatic heterocycles. The lowest BCUT2D eigenvalue weighted by Crippen LogP contribution is -2.21. The Labute approximate surface area is 128 Å². The quantitative estimate of drug-likeness (QED) is 0.877. The molecule has 1 aliphatic heterocycles. The van der Waals surface area contributed by atoms with E-state index < -0.39 is 0 Å². The summed E-state index contributed by atoms with van der Waals surface area (Å²) in [5.41, 5.74) is 7.27. The van der Waals surface area contributed by atoms with Gasteiger partial charge < -0.3 is 10.5 Å². The Morgan fingerprint density at radius 1 is 1.43 bits per heavy atom. The summed E-state index contributed by atoms with van der Waals surface area (Å²) in [6, 6.07) is 5.36. The lowest BCUT2D eigenvalue weighted by atomic mass is 9.99. The molecule has 2 N–H and O–H groups in total. The number of hydrogen-bond donors (Lipinski definition) is 1. The molecule has 0 aliphatic carbocycles. The van der Waals surface area contributed by atoms with Crippen LogP contribution in [0, 0.1) is 5.92 Å². The van der Waals surface area contributed by atoms with Crippen molar-refractivity contribution < 1.29 is 4.74 Å². The lowest BCUT2D eigenvalue weighted by Gasteiger charge is -2.17. The number of nitrogens with two attached hydrogens (primary N) is 1. The van der Waals surface area contributed by atoms with E-state index in [1.54, 1.807) is 6.07 Å². The number of nitrogens with zero attached hydrogens (tertiary/aromatic N) is 4. The maximum Gasteiger partial charge on any atom is 0.182 e. The molecule has 2 atom stereocenters. The van der Waals surface area contributed by atoms with Crippen LogP contribution in [-0.2, 0) is 11.3 Å². The summed E-state index contributed by atoms with van der Waals surface area (Å²) >= 11 is 6.06. The predicted octanol–water partition coefficient (Wildman–Crippen LogP) is 2.39. The van der Waals surface area contributed by atoms with E-state index in [1.165, 1.54) is 0 Å². The van der Waals surface area contributed by atoms with E-state index in [2.05, 4.69) is 22.4 Å². The minimum Gasteiger partial charge on any atom is -0.399 e. The Kier molecular flexibility index (Phi) is 4.07. The van der Waals surface area contributed by atoms with Gasteiger partial charge in [-0.1, -0.05) is 18.5 Å². The van der Waals surface area contributed by atoms with E-state index in [9.17, 15) is 0 Å². The number of tetrazole rings is 1. The Hall–Kier alpha value is -1.66. The van der Waals surface area contributed by atoms with Crippen LogP contribution in [0.3, 0.4) is 0 Å². The van der Waals surface area contributed by atoms with Gasteiger partial charge in [0.1, 0.15) is 0 Å². The number of rotatable bonds is 4. The van der Waals surface area contributed by atoms with Crippen molar-refractivity contribution in [2.24, 2.45) is 5.92 Å². The van der Waals surface area contributed by atoms with Gasteiger partial charge in [0.05, 0.1) is 12.6 Å². The molecule has 112 valence electrons. The van der Waals surface area contributed by atoms with E-state index in [-0.39, 0.29) is 6.10 Å². The highest BCUT2D eigenvalue weighted by molar-refractivity contribution is 6.31. The van der Waals surface area contributed by atoms with E-state index in [0.29, 0.717) is 22.5 Å².